The number of nitrogens with one attached hydrogen (secondary N) is 1. The Morgan fingerprint density at radius 1 is 1.00 bits per heavy atom. The van der Waals surface area contributed by atoms with Crippen LogP contribution in [0.5, 0.6) is 17.2 Å². The number of carbonyl (C=O) groups is 1. The second-order valence-electron chi connectivity index (χ2n) is 7.23. The topological polar surface area (TPSA) is 76.2 Å². The molecule has 0 radical (unpaired) electrons. The maximum atomic E-state index is 12.8. The number of rotatable bonds is 5. The molecular weight excluding hydrogens is 416 g/mol. The van der Waals surface area contributed by atoms with Crippen molar-refractivity contribution in [2.45, 2.75) is 6.92 Å². The maximum absolute atomic E-state index is 12.8. The number of fused-ring (bicyclic) bond motifs is 1. The number of aromatic nitrogens is 1. The first-order valence-corrected chi connectivity index (χ1v) is 10.8. The molecule has 1 fully saturated rings. The van der Waals surface area contributed by atoms with Crippen LogP contribution in [0.25, 0.3) is 10.2 Å². The summed E-state index contributed by atoms with van der Waals surface area (Å²) in [5, 5.41) is 3.90. The Balaban J connectivity index is 1.42. The number of benzene rings is 2. The van der Waals surface area contributed by atoms with Gasteiger partial charge in [0, 0.05) is 32.2 Å². The van der Waals surface area contributed by atoms with Crippen LogP contribution in [0.15, 0.2) is 30.3 Å². The predicted octanol–water partition coefficient (Wildman–Crippen LogP) is 3.98. The highest BCUT2D eigenvalue weighted by Crippen LogP contribution is 2.36. The van der Waals surface area contributed by atoms with Crippen molar-refractivity contribution < 1.29 is 19.0 Å². The molecule has 0 spiro atoms. The van der Waals surface area contributed by atoms with Gasteiger partial charge in [0.1, 0.15) is 22.8 Å². The third kappa shape index (κ3) is 4.18. The van der Waals surface area contributed by atoms with E-state index in [1.807, 2.05) is 6.07 Å². The number of hydrogen-bond acceptors (Lipinski definition) is 7. The van der Waals surface area contributed by atoms with Crippen LogP contribution in [-0.2, 0) is 0 Å². The van der Waals surface area contributed by atoms with Gasteiger partial charge in [-0.25, -0.2) is 9.78 Å². The molecule has 0 aliphatic carbocycles. The Kier molecular flexibility index (Phi) is 6.03. The van der Waals surface area contributed by atoms with Gasteiger partial charge in [-0.05, 0) is 30.7 Å². The number of methoxy groups -OCH3 is 3. The molecular formula is C22H26N4O4S. The van der Waals surface area contributed by atoms with Crippen LogP contribution in [0, 0.1) is 6.92 Å². The van der Waals surface area contributed by atoms with Crippen molar-refractivity contribution in [2.24, 2.45) is 0 Å². The molecule has 31 heavy (non-hydrogen) atoms. The number of anilines is 2. The fourth-order valence-electron chi connectivity index (χ4n) is 3.60. The smallest absolute Gasteiger partial charge is 0.322 e. The van der Waals surface area contributed by atoms with Crippen LogP contribution < -0.4 is 24.4 Å². The lowest BCUT2D eigenvalue weighted by Crippen LogP contribution is -2.50. The average Bonchev–Trinajstić information content (AvgIpc) is 3.26. The van der Waals surface area contributed by atoms with Gasteiger partial charge in [-0.1, -0.05) is 17.4 Å². The maximum Gasteiger partial charge on any atom is 0.322 e. The minimum absolute atomic E-state index is 0.148. The van der Waals surface area contributed by atoms with Crippen LogP contribution in [0.3, 0.4) is 0 Å². The molecule has 3 aromatic rings. The van der Waals surface area contributed by atoms with E-state index >= 15 is 0 Å². The van der Waals surface area contributed by atoms with Crippen molar-refractivity contribution in [3.8, 4) is 17.2 Å². The Hall–Kier alpha value is -3.20. The first-order valence-electron chi connectivity index (χ1n) is 10.0. The highest BCUT2D eigenvalue weighted by molar-refractivity contribution is 7.22. The molecule has 1 aliphatic heterocycles. The molecule has 164 valence electrons. The van der Waals surface area contributed by atoms with Gasteiger partial charge >= 0.3 is 6.03 Å². The number of ether oxygens (including phenoxy) is 3. The lowest BCUT2D eigenvalue weighted by Gasteiger charge is -2.34. The molecule has 8 nitrogen and oxygen atoms in total. The van der Waals surface area contributed by atoms with Gasteiger partial charge in [0.05, 0.1) is 31.7 Å². The quantitative estimate of drug-likeness (QED) is 0.644. The molecule has 0 bridgehead atoms. The number of nitrogens with zero attached hydrogens (tertiary/aromatic N) is 3. The molecule has 0 unspecified atom stereocenters. The summed E-state index contributed by atoms with van der Waals surface area (Å²) in [6, 6.07) is 9.18. The number of thiazole rings is 1. The van der Waals surface area contributed by atoms with Gasteiger partial charge in [0.15, 0.2) is 5.13 Å². The third-order valence-corrected chi connectivity index (χ3v) is 6.65. The van der Waals surface area contributed by atoms with E-state index in [9.17, 15) is 4.79 Å². The molecule has 1 aliphatic rings. The zero-order chi connectivity index (χ0) is 22.0. The average molecular weight is 443 g/mol. The lowest BCUT2D eigenvalue weighted by molar-refractivity contribution is 0.208. The van der Waals surface area contributed by atoms with E-state index in [0.29, 0.717) is 43.4 Å². The second-order valence-corrected chi connectivity index (χ2v) is 8.21. The molecule has 1 aromatic heterocycles. The van der Waals surface area contributed by atoms with Gasteiger partial charge in [0.25, 0.3) is 0 Å². The Labute approximate surface area is 185 Å². The predicted molar refractivity (Wildman–Crippen MR) is 123 cm³/mol. The molecule has 4 rings (SSSR count). The molecule has 2 amide bonds. The van der Waals surface area contributed by atoms with E-state index in [4.69, 9.17) is 19.2 Å². The summed E-state index contributed by atoms with van der Waals surface area (Å²) in [5.41, 5.74) is 2.70. The minimum Gasteiger partial charge on any atom is -0.497 e. The van der Waals surface area contributed by atoms with Gasteiger partial charge in [0.2, 0.25) is 0 Å². The first kappa shape index (κ1) is 21.0. The number of amides is 2. The first-order chi connectivity index (χ1) is 15.0. The van der Waals surface area contributed by atoms with Crippen LogP contribution in [0.4, 0.5) is 15.6 Å². The molecule has 9 heteroatoms. The summed E-state index contributed by atoms with van der Waals surface area (Å²) in [6.07, 6.45) is 0. The van der Waals surface area contributed by atoms with E-state index in [2.05, 4.69) is 23.2 Å². The van der Waals surface area contributed by atoms with Gasteiger partial charge in [-0.15, -0.1) is 0 Å². The van der Waals surface area contributed by atoms with Crippen molar-refractivity contribution in [1.82, 2.24) is 9.88 Å². The SMILES string of the molecule is COc1ccc(NC(=O)N2CCN(c3nc4c(OC)ccc(C)c4s3)CC2)c(OC)c1. The Morgan fingerprint density at radius 3 is 2.42 bits per heavy atom. The van der Waals surface area contributed by atoms with Gasteiger partial charge in [-0.3, -0.25) is 0 Å². The number of carbonyl (C=O) groups excluding carboxylic acids is 1. The van der Waals surface area contributed by atoms with Crippen molar-refractivity contribution in [1.29, 1.82) is 0 Å². The summed E-state index contributed by atoms with van der Waals surface area (Å²) in [6.45, 7) is 4.73. The highest BCUT2D eigenvalue weighted by Gasteiger charge is 2.24. The van der Waals surface area contributed by atoms with E-state index in [1.54, 1.807) is 55.8 Å². The number of hydrogen-bond donors (Lipinski definition) is 1. The summed E-state index contributed by atoms with van der Waals surface area (Å²) < 4.78 is 17.2. The molecule has 0 saturated carbocycles. The van der Waals surface area contributed by atoms with E-state index in [-0.39, 0.29) is 6.03 Å². The summed E-state index contributed by atoms with van der Waals surface area (Å²) in [7, 11) is 4.82. The summed E-state index contributed by atoms with van der Waals surface area (Å²) in [4.78, 5) is 21.6. The molecule has 2 heterocycles. The minimum atomic E-state index is -0.148. The summed E-state index contributed by atoms with van der Waals surface area (Å²) in [5.74, 6) is 2.02. The third-order valence-electron chi connectivity index (χ3n) is 5.40. The fraction of sp³-hybridized carbons (Fsp3) is 0.364. The van der Waals surface area contributed by atoms with Gasteiger partial charge < -0.3 is 29.3 Å². The number of aryl methyl sites for hydroxylation is 1. The molecule has 1 saturated heterocycles. The standard InChI is InChI=1S/C22H26N4O4S/c1-14-5-8-17(29-3)19-20(14)31-22(24-19)26-11-9-25(10-12-26)21(27)23-16-7-6-15(28-2)13-18(16)30-4/h5-8,13H,9-12H2,1-4H3,(H,23,27). The van der Waals surface area contributed by atoms with Crippen LogP contribution in [0.2, 0.25) is 0 Å². The van der Waals surface area contributed by atoms with Crippen molar-refractivity contribution in [3.63, 3.8) is 0 Å². The van der Waals surface area contributed by atoms with Crippen molar-refractivity contribution >= 4 is 38.4 Å². The second kappa shape index (κ2) is 8.89. The zero-order valence-corrected chi connectivity index (χ0v) is 18.9. The largest absolute Gasteiger partial charge is 0.497 e. The monoisotopic (exact) mass is 442 g/mol. The number of piperazine rings is 1. The number of urea groups is 1. The molecule has 2 aromatic carbocycles. The molecule has 0 atom stereocenters. The van der Waals surface area contributed by atoms with Crippen molar-refractivity contribution in [3.05, 3.63) is 35.9 Å². The Morgan fingerprint density at radius 2 is 1.74 bits per heavy atom. The van der Waals surface area contributed by atoms with E-state index in [1.165, 1.54) is 5.56 Å². The van der Waals surface area contributed by atoms with Crippen LogP contribution >= 0.6 is 11.3 Å². The Bertz CT molecular complexity index is 1090. The van der Waals surface area contributed by atoms with Crippen LogP contribution in [-0.4, -0.2) is 63.4 Å². The summed E-state index contributed by atoms with van der Waals surface area (Å²) >= 11 is 1.67. The normalized spacial score (nSPS) is 13.9. The lowest BCUT2D eigenvalue weighted by atomic mass is 10.2. The zero-order valence-electron chi connectivity index (χ0n) is 18.1. The highest BCUT2D eigenvalue weighted by atomic mass is 32.1. The van der Waals surface area contributed by atoms with E-state index < -0.39 is 0 Å². The van der Waals surface area contributed by atoms with Crippen LogP contribution in [0.1, 0.15) is 5.56 Å². The van der Waals surface area contributed by atoms with Crippen molar-refractivity contribution in [2.75, 3.05) is 57.7 Å². The fourth-order valence-corrected chi connectivity index (χ4v) is 4.70. The van der Waals surface area contributed by atoms with Gasteiger partial charge in [-0.2, -0.15) is 0 Å². The molecule has 1 N–H and O–H groups in total. The van der Waals surface area contributed by atoms with E-state index in [0.717, 1.165) is 21.1 Å².